The van der Waals surface area contributed by atoms with E-state index in [1.54, 1.807) is 0 Å². The fraction of sp³-hybridized carbons (Fsp3) is 0.923. The smallest absolute Gasteiger partial charge is 0.223 e. The van der Waals surface area contributed by atoms with E-state index in [9.17, 15) is 4.79 Å². The number of nitrogens with zero attached hydrogens (tertiary/aromatic N) is 1. The molecule has 0 bridgehead atoms. The molecule has 1 amide bonds. The molecule has 1 fully saturated rings. The highest BCUT2D eigenvalue weighted by Crippen LogP contribution is 2.28. The first-order valence-corrected chi connectivity index (χ1v) is 6.35. The minimum atomic E-state index is -0.211. The van der Waals surface area contributed by atoms with Crippen molar-refractivity contribution in [3.63, 3.8) is 0 Å². The SMILES string of the molecule is CC(CC(=O)N1CCOC(CO)C1)C(C)(C)C. The summed E-state index contributed by atoms with van der Waals surface area (Å²) >= 11 is 0. The zero-order valence-corrected chi connectivity index (χ0v) is 11.4. The Morgan fingerprint density at radius 1 is 1.53 bits per heavy atom. The summed E-state index contributed by atoms with van der Waals surface area (Å²) in [5.74, 6) is 0.527. The molecule has 1 rings (SSSR count). The zero-order chi connectivity index (χ0) is 13.1. The number of aliphatic hydroxyl groups is 1. The van der Waals surface area contributed by atoms with Crippen molar-refractivity contribution in [2.24, 2.45) is 11.3 Å². The second-order valence-electron chi connectivity index (χ2n) is 5.99. The van der Waals surface area contributed by atoms with Gasteiger partial charge in [0.1, 0.15) is 0 Å². The molecule has 0 aromatic carbocycles. The van der Waals surface area contributed by atoms with E-state index in [0.29, 0.717) is 32.0 Å². The van der Waals surface area contributed by atoms with Crippen molar-refractivity contribution in [3.8, 4) is 0 Å². The van der Waals surface area contributed by atoms with Crippen molar-refractivity contribution < 1.29 is 14.6 Å². The van der Waals surface area contributed by atoms with Crippen LogP contribution in [0.4, 0.5) is 0 Å². The number of carbonyl (C=O) groups excluding carboxylic acids is 1. The third-order valence-electron chi connectivity index (χ3n) is 3.65. The number of hydrogen-bond acceptors (Lipinski definition) is 3. The van der Waals surface area contributed by atoms with Gasteiger partial charge in [0.15, 0.2) is 0 Å². The van der Waals surface area contributed by atoms with E-state index in [1.807, 2.05) is 4.90 Å². The van der Waals surface area contributed by atoms with Gasteiger partial charge in [-0.05, 0) is 11.3 Å². The molecule has 0 saturated carbocycles. The highest BCUT2D eigenvalue weighted by molar-refractivity contribution is 5.76. The van der Waals surface area contributed by atoms with Gasteiger partial charge in [-0.25, -0.2) is 0 Å². The third-order valence-corrected chi connectivity index (χ3v) is 3.65. The van der Waals surface area contributed by atoms with Crippen molar-refractivity contribution in [1.82, 2.24) is 4.90 Å². The summed E-state index contributed by atoms with van der Waals surface area (Å²) in [4.78, 5) is 13.9. The molecule has 17 heavy (non-hydrogen) atoms. The van der Waals surface area contributed by atoms with Crippen LogP contribution in [0.3, 0.4) is 0 Å². The van der Waals surface area contributed by atoms with Gasteiger partial charge in [0.2, 0.25) is 5.91 Å². The summed E-state index contributed by atoms with van der Waals surface area (Å²) in [6.07, 6.45) is 0.361. The predicted octanol–water partition coefficient (Wildman–Crippen LogP) is 1.28. The van der Waals surface area contributed by atoms with Gasteiger partial charge in [-0.15, -0.1) is 0 Å². The Balaban J connectivity index is 2.47. The van der Waals surface area contributed by atoms with Crippen molar-refractivity contribution in [1.29, 1.82) is 0 Å². The molecule has 1 N–H and O–H groups in total. The van der Waals surface area contributed by atoms with Crippen LogP contribution >= 0.6 is 0 Å². The molecule has 1 heterocycles. The number of carbonyl (C=O) groups is 1. The first-order chi connectivity index (χ1) is 7.84. The molecular formula is C13H25NO3. The number of rotatable bonds is 3. The fourth-order valence-corrected chi connectivity index (χ4v) is 1.75. The van der Waals surface area contributed by atoms with Gasteiger partial charge in [0, 0.05) is 19.5 Å². The van der Waals surface area contributed by atoms with Crippen molar-refractivity contribution >= 4 is 5.91 Å². The van der Waals surface area contributed by atoms with E-state index in [4.69, 9.17) is 9.84 Å². The highest BCUT2D eigenvalue weighted by Gasteiger charge is 2.28. The monoisotopic (exact) mass is 243 g/mol. The maximum atomic E-state index is 12.1. The Labute approximate surface area is 104 Å². The average molecular weight is 243 g/mol. The summed E-state index contributed by atoms with van der Waals surface area (Å²) in [6, 6.07) is 0. The van der Waals surface area contributed by atoms with Crippen molar-refractivity contribution in [3.05, 3.63) is 0 Å². The van der Waals surface area contributed by atoms with Gasteiger partial charge in [-0.3, -0.25) is 4.79 Å². The van der Waals surface area contributed by atoms with E-state index >= 15 is 0 Å². The fourth-order valence-electron chi connectivity index (χ4n) is 1.75. The molecule has 0 aromatic rings. The standard InChI is InChI=1S/C13H25NO3/c1-10(13(2,3)4)7-12(16)14-5-6-17-11(8-14)9-15/h10-11,15H,5-9H2,1-4H3. The molecule has 0 aromatic heterocycles. The Hall–Kier alpha value is -0.610. The van der Waals surface area contributed by atoms with Gasteiger partial charge >= 0.3 is 0 Å². The van der Waals surface area contributed by atoms with E-state index in [0.717, 1.165) is 0 Å². The highest BCUT2D eigenvalue weighted by atomic mass is 16.5. The molecular weight excluding hydrogens is 218 g/mol. The van der Waals surface area contributed by atoms with Crippen LogP contribution in [0.1, 0.15) is 34.1 Å². The third kappa shape index (κ3) is 4.28. The van der Waals surface area contributed by atoms with Crippen molar-refractivity contribution in [2.75, 3.05) is 26.3 Å². The average Bonchev–Trinajstić information content (AvgIpc) is 2.27. The lowest BCUT2D eigenvalue weighted by Gasteiger charge is -2.34. The predicted molar refractivity (Wildman–Crippen MR) is 66.6 cm³/mol. The number of amides is 1. The lowest BCUT2D eigenvalue weighted by molar-refractivity contribution is -0.141. The molecule has 4 heteroatoms. The van der Waals surface area contributed by atoms with Gasteiger partial charge in [-0.2, -0.15) is 0 Å². The van der Waals surface area contributed by atoms with Crippen LogP contribution in [0, 0.1) is 11.3 Å². The zero-order valence-electron chi connectivity index (χ0n) is 11.4. The van der Waals surface area contributed by atoms with E-state index in [2.05, 4.69) is 27.7 Å². The largest absolute Gasteiger partial charge is 0.394 e. The maximum Gasteiger partial charge on any atom is 0.223 e. The van der Waals surface area contributed by atoms with Gasteiger partial charge in [0.05, 0.1) is 19.3 Å². The number of hydrogen-bond donors (Lipinski definition) is 1. The van der Waals surface area contributed by atoms with E-state index in [-0.39, 0.29) is 24.0 Å². The summed E-state index contributed by atoms with van der Waals surface area (Å²) in [5.41, 5.74) is 0.151. The van der Waals surface area contributed by atoms with Crippen molar-refractivity contribution in [2.45, 2.75) is 40.2 Å². The minimum Gasteiger partial charge on any atom is -0.394 e. The lowest BCUT2D eigenvalue weighted by Crippen LogP contribution is -2.47. The minimum absolute atomic E-state index is 0.0153. The molecule has 2 unspecified atom stereocenters. The molecule has 1 aliphatic rings. The second kappa shape index (κ2) is 5.83. The van der Waals surface area contributed by atoms with Crippen LogP contribution in [-0.4, -0.2) is 48.3 Å². The van der Waals surface area contributed by atoms with Gasteiger partial charge in [-0.1, -0.05) is 27.7 Å². The summed E-state index contributed by atoms with van der Waals surface area (Å²) in [6.45, 7) is 10.3. The topological polar surface area (TPSA) is 49.8 Å². The molecule has 100 valence electrons. The summed E-state index contributed by atoms with van der Waals surface area (Å²) < 4.78 is 5.34. The molecule has 0 spiro atoms. The van der Waals surface area contributed by atoms with E-state index < -0.39 is 0 Å². The molecule has 2 atom stereocenters. The summed E-state index contributed by atoms with van der Waals surface area (Å²) in [7, 11) is 0. The normalized spacial score (nSPS) is 23.6. The molecule has 4 nitrogen and oxygen atoms in total. The Morgan fingerprint density at radius 2 is 2.18 bits per heavy atom. The number of aliphatic hydroxyl groups excluding tert-OH is 1. The Kier molecular flexibility index (Phi) is 4.95. The number of ether oxygens (including phenoxy) is 1. The lowest BCUT2D eigenvalue weighted by atomic mass is 9.80. The van der Waals surface area contributed by atoms with Crippen LogP contribution in [0.5, 0.6) is 0 Å². The van der Waals surface area contributed by atoms with E-state index in [1.165, 1.54) is 0 Å². The van der Waals surface area contributed by atoms with Crippen LogP contribution in [0.25, 0.3) is 0 Å². The Bertz CT molecular complexity index is 260. The van der Waals surface area contributed by atoms with Crippen LogP contribution in [0.15, 0.2) is 0 Å². The molecule has 1 saturated heterocycles. The first kappa shape index (κ1) is 14.5. The van der Waals surface area contributed by atoms with Crippen LogP contribution in [-0.2, 0) is 9.53 Å². The second-order valence-corrected chi connectivity index (χ2v) is 5.99. The maximum absolute atomic E-state index is 12.1. The van der Waals surface area contributed by atoms with Gasteiger partial charge < -0.3 is 14.7 Å². The summed E-state index contributed by atoms with van der Waals surface area (Å²) in [5, 5.41) is 9.04. The first-order valence-electron chi connectivity index (χ1n) is 6.35. The van der Waals surface area contributed by atoms with Crippen LogP contribution < -0.4 is 0 Å². The van der Waals surface area contributed by atoms with Gasteiger partial charge in [0.25, 0.3) is 0 Å². The van der Waals surface area contributed by atoms with Crippen LogP contribution in [0.2, 0.25) is 0 Å². The molecule has 1 aliphatic heterocycles. The quantitative estimate of drug-likeness (QED) is 0.812. The number of morpholine rings is 1. The Morgan fingerprint density at radius 3 is 2.71 bits per heavy atom. The molecule has 0 radical (unpaired) electrons. The molecule has 0 aliphatic carbocycles.